The number of ether oxygens (including phenoxy) is 2. The molecule has 5 heteroatoms. The third-order valence-electron chi connectivity index (χ3n) is 2.98. The van der Waals surface area contributed by atoms with Gasteiger partial charge in [-0.15, -0.1) is 0 Å². The molecule has 0 aromatic heterocycles. The summed E-state index contributed by atoms with van der Waals surface area (Å²) >= 11 is 0. The molecule has 0 saturated heterocycles. The van der Waals surface area contributed by atoms with E-state index in [1.807, 2.05) is 6.92 Å². The van der Waals surface area contributed by atoms with Crippen molar-refractivity contribution in [3.05, 3.63) is 23.8 Å². The van der Waals surface area contributed by atoms with Crippen LogP contribution in [0.1, 0.15) is 30.6 Å². The van der Waals surface area contributed by atoms with Gasteiger partial charge >= 0.3 is 0 Å². The summed E-state index contributed by atoms with van der Waals surface area (Å²) in [5, 5.41) is 11.7. The van der Waals surface area contributed by atoms with Gasteiger partial charge in [-0.05, 0) is 31.5 Å². The molecule has 1 aliphatic heterocycles. The lowest BCUT2D eigenvalue weighted by Crippen LogP contribution is -2.44. The van der Waals surface area contributed by atoms with Crippen molar-refractivity contribution in [3.63, 3.8) is 0 Å². The first kappa shape index (κ1) is 12.2. The fourth-order valence-electron chi connectivity index (χ4n) is 1.56. The number of benzene rings is 1. The van der Waals surface area contributed by atoms with E-state index in [4.69, 9.17) is 14.7 Å². The standard InChI is InChI=1S/C13H14N2O3/c1-3-13(2,7-14)15-12(16)9-4-5-10-11(6-9)18-8-17-10/h4-6H,3,8H2,1-2H3,(H,15,16)/t13-/m1/s1. The summed E-state index contributed by atoms with van der Waals surface area (Å²) in [6, 6.07) is 7.05. The minimum absolute atomic E-state index is 0.172. The number of nitrogens with one attached hydrogen (secondary N) is 1. The Kier molecular flexibility index (Phi) is 3.11. The molecule has 1 atom stereocenters. The zero-order chi connectivity index (χ0) is 13.2. The number of rotatable bonds is 3. The summed E-state index contributed by atoms with van der Waals surface area (Å²) in [6.07, 6.45) is 0.541. The fraction of sp³-hybridized carbons (Fsp3) is 0.385. The Balaban J connectivity index is 2.18. The van der Waals surface area contributed by atoms with Gasteiger partial charge in [0.2, 0.25) is 6.79 Å². The number of fused-ring (bicyclic) bond motifs is 1. The van der Waals surface area contributed by atoms with Crippen LogP contribution in [0.2, 0.25) is 0 Å². The Morgan fingerprint density at radius 2 is 2.22 bits per heavy atom. The van der Waals surface area contributed by atoms with E-state index in [2.05, 4.69) is 11.4 Å². The molecule has 1 amide bonds. The van der Waals surface area contributed by atoms with Gasteiger partial charge in [0.15, 0.2) is 11.5 Å². The molecule has 1 heterocycles. The Hall–Kier alpha value is -2.22. The second kappa shape index (κ2) is 4.57. The van der Waals surface area contributed by atoms with Crippen LogP contribution < -0.4 is 14.8 Å². The quantitative estimate of drug-likeness (QED) is 0.883. The zero-order valence-electron chi connectivity index (χ0n) is 10.3. The van der Waals surface area contributed by atoms with E-state index in [0.717, 1.165) is 0 Å². The topological polar surface area (TPSA) is 71.4 Å². The number of carbonyl (C=O) groups is 1. The summed E-state index contributed by atoms with van der Waals surface area (Å²) in [5.41, 5.74) is -0.401. The maximum atomic E-state index is 12.0. The lowest BCUT2D eigenvalue weighted by Gasteiger charge is -2.21. The average molecular weight is 246 g/mol. The predicted molar refractivity (Wildman–Crippen MR) is 64.3 cm³/mol. The van der Waals surface area contributed by atoms with Crippen LogP contribution in [0.5, 0.6) is 11.5 Å². The van der Waals surface area contributed by atoms with E-state index >= 15 is 0 Å². The molecule has 0 aliphatic carbocycles. The van der Waals surface area contributed by atoms with Crippen LogP contribution in [0.25, 0.3) is 0 Å². The van der Waals surface area contributed by atoms with E-state index in [1.165, 1.54) is 0 Å². The summed E-state index contributed by atoms with van der Waals surface area (Å²) < 4.78 is 10.4. The molecule has 1 N–H and O–H groups in total. The van der Waals surface area contributed by atoms with Crippen molar-refractivity contribution in [1.29, 1.82) is 5.26 Å². The van der Waals surface area contributed by atoms with Crippen molar-refractivity contribution in [1.82, 2.24) is 5.32 Å². The lowest BCUT2D eigenvalue weighted by molar-refractivity contribution is 0.0922. The molecular formula is C13H14N2O3. The summed E-state index contributed by atoms with van der Waals surface area (Å²) in [5.74, 6) is 0.891. The second-order valence-corrected chi connectivity index (χ2v) is 4.32. The van der Waals surface area contributed by atoms with Crippen LogP contribution in [0, 0.1) is 11.3 Å². The molecule has 18 heavy (non-hydrogen) atoms. The smallest absolute Gasteiger partial charge is 0.252 e. The molecule has 0 radical (unpaired) electrons. The molecule has 2 rings (SSSR count). The fourth-order valence-corrected chi connectivity index (χ4v) is 1.56. The lowest BCUT2D eigenvalue weighted by atomic mass is 10.0. The molecule has 5 nitrogen and oxygen atoms in total. The average Bonchev–Trinajstić information content (AvgIpc) is 2.85. The molecule has 94 valence electrons. The highest BCUT2D eigenvalue weighted by Crippen LogP contribution is 2.32. The van der Waals surface area contributed by atoms with Gasteiger partial charge in [-0.25, -0.2) is 0 Å². The SMILES string of the molecule is CC[C@](C)(C#N)NC(=O)c1ccc2c(c1)OCO2. The third-order valence-corrected chi connectivity index (χ3v) is 2.98. The Labute approximate surface area is 105 Å². The molecule has 0 bridgehead atoms. The van der Waals surface area contributed by atoms with Gasteiger partial charge in [0, 0.05) is 5.56 Å². The highest BCUT2D eigenvalue weighted by molar-refractivity contribution is 5.95. The molecule has 0 fully saturated rings. The van der Waals surface area contributed by atoms with Crippen LogP contribution in [0.4, 0.5) is 0 Å². The third kappa shape index (κ3) is 2.23. The summed E-state index contributed by atoms with van der Waals surface area (Å²) in [4.78, 5) is 12.0. The predicted octanol–water partition coefficient (Wildman–Crippen LogP) is 1.84. The normalized spacial score (nSPS) is 15.6. The van der Waals surface area contributed by atoms with Gasteiger partial charge in [-0.3, -0.25) is 4.79 Å². The largest absolute Gasteiger partial charge is 0.454 e. The van der Waals surface area contributed by atoms with Crippen molar-refractivity contribution < 1.29 is 14.3 Å². The van der Waals surface area contributed by atoms with E-state index in [9.17, 15) is 4.79 Å². The molecule has 1 aliphatic rings. The second-order valence-electron chi connectivity index (χ2n) is 4.32. The first-order valence-corrected chi connectivity index (χ1v) is 5.71. The van der Waals surface area contributed by atoms with Gasteiger partial charge in [0.05, 0.1) is 6.07 Å². The first-order chi connectivity index (χ1) is 8.58. The molecule has 0 unspecified atom stereocenters. The number of hydrogen-bond acceptors (Lipinski definition) is 4. The van der Waals surface area contributed by atoms with Crippen LogP contribution in [-0.2, 0) is 0 Å². The Morgan fingerprint density at radius 3 is 2.89 bits per heavy atom. The van der Waals surface area contributed by atoms with Gasteiger partial charge in [0.1, 0.15) is 5.54 Å². The van der Waals surface area contributed by atoms with E-state index in [-0.39, 0.29) is 12.7 Å². The first-order valence-electron chi connectivity index (χ1n) is 5.71. The molecule has 0 saturated carbocycles. The maximum absolute atomic E-state index is 12.0. The summed E-state index contributed by atoms with van der Waals surface area (Å²) in [6.45, 7) is 3.71. The van der Waals surface area contributed by atoms with E-state index in [1.54, 1.807) is 25.1 Å². The van der Waals surface area contributed by atoms with Crippen LogP contribution >= 0.6 is 0 Å². The van der Waals surface area contributed by atoms with Crippen molar-refractivity contribution in [2.24, 2.45) is 0 Å². The Morgan fingerprint density at radius 1 is 1.50 bits per heavy atom. The van der Waals surface area contributed by atoms with E-state index in [0.29, 0.717) is 23.5 Å². The number of nitriles is 1. The minimum Gasteiger partial charge on any atom is -0.454 e. The highest BCUT2D eigenvalue weighted by atomic mass is 16.7. The van der Waals surface area contributed by atoms with Crippen molar-refractivity contribution in [2.45, 2.75) is 25.8 Å². The van der Waals surface area contributed by atoms with Crippen LogP contribution in [0.3, 0.4) is 0 Å². The van der Waals surface area contributed by atoms with Gasteiger partial charge in [-0.2, -0.15) is 5.26 Å². The molecule has 1 aromatic rings. The van der Waals surface area contributed by atoms with Gasteiger partial charge in [-0.1, -0.05) is 6.92 Å². The number of nitrogens with zero attached hydrogens (tertiary/aromatic N) is 1. The van der Waals surface area contributed by atoms with Gasteiger partial charge in [0.25, 0.3) is 5.91 Å². The highest BCUT2D eigenvalue weighted by Gasteiger charge is 2.25. The minimum atomic E-state index is -0.854. The van der Waals surface area contributed by atoms with Gasteiger partial charge < -0.3 is 14.8 Å². The zero-order valence-corrected chi connectivity index (χ0v) is 10.3. The number of hydrogen-bond donors (Lipinski definition) is 1. The summed E-state index contributed by atoms with van der Waals surface area (Å²) in [7, 11) is 0. The van der Waals surface area contributed by atoms with Crippen LogP contribution in [0.15, 0.2) is 18.2 Å². The molecule has 0 spiro atoms. The number of carbonyl (C=O) groups excluding carboxylic acids is 1. The van der Waals surface area contributed by atoms with E-state index < -0.39 is 5.54 Å². The van der Waals surface area contributed by atoms with Crippen molar-refractivity contribution >= 4 is 5.91 Å². The maximum Gasteiger partial charge on any atom is 0.252 e. The van der Waals surface area contributed by atoms with Crippen molar-refractivity contribution in [2.75, 3.05) is 6.79 Å². The van der Waals surface area contributed by atoms with Crippen molar-refractivity contribution in [3.8, 4) is 17.6 Å². The number of amides is 1. The molecule has 1 aromatic carbocycles. The monoisotopic (exact) mass is 246 g/mol. The Bertz CT molecular complexity index is 521. The molecular weight excluding hydrogens is 232 g/mol. The van der Waals surface area contributed by atoms with Crippen LogP contribution in [-0.4, -0.2) is 18.2 Å².